The van der Waals surface area contributed by atoms with Crippen molar-refractivity contribution >= 4 is 38.0 Å². The maximum Gasteiger partial charge on any atom is 0.266 e. The molecular weight excluding hydrogens is 494 g/mol. The number of benzene rings is 5. The van der Waals surface area contributed by atoms with Crippen molar-refractivity contribution in [3.63, 3.8) is 0 Å². The highest BCUT2D eigenvalue weighted by Gasteiger charge is 2.24. The first kappa shape index (κ1) is 22.5. The van der Waals surface area contributed by atoms with Crippen LogP contribution in [0, 0.1) is 0 Å². The zero-order chi connectivity index (χ0) is 26.8. The zero-order valence-corrected chi connectivity index (χ0v) is 21.3. The summed E-state index contributed by atoms with van der Waals surface area (Å²) in [5.74, 6) is 0.634. The lowest BCUT2D eigenvalue weighted by atomic mass is 9.94. The molecule has 4 nitrogen and oxygen atoms in total. The smallest absolute Gasteiger partial charge is 0.266 e. The highest BCUT2D eigenvalue weighted by Crippen LogP contribution is 2.42. The normalized spacial score (nSPS) is 11.7. The van der Waals surface area contributed by atoms with Gasteiger partial charge in [-0.1, -0.05) is 97.1 Å². The third kappa shape index (κ3) is 3.20. The number of aromatic nitrogens is 1. The van der Waals surface area contributed by atoms with E-state index in [1.165, 1.54) is 4.40 Å². The van der Waals surface area contributed by atoms with Crippen molar-refractivity contribution in [3.8, 4) is 33.6 Å². The second-order valence-electron chi connectivity index (χ2n) is 10.1. The van der Waals surface area contributed by atoms with E-state index in [-0.39, 0.29) is 11.1 Å². The molecule has 0 aliphatic heterocycles. The Balaban J connectivity index is 1.57. The number of fused-ring (bicyclic) bond motifs is 4. The topological polar surface area (TPSA) is 51.7 Å². The van der Waals surface area contributed by atoms with Gasteiger partial charge in [-0.3, -0.25) is 9.59 Å². The lowest BCUT2D eigenvalue weighted by Gasteiger charge is -2.11. The first-order valence-electron chi connectivity index (χ1n) is 13.2. The van der Waals surface area contributed by atoms with E-state index in [2.05, 4.69) is 42.5 Å². The summed E-state index contributed by atoms with van der Waals surface area (Å²) in [6.45, 7) is 0. The van der Waals surface area contributed by atoms with Crippen molar-refractivity contribution in [3.05, 3.63) is 148 Å². The van der Waals surface area contributed by atoms with Gasteiger partial charge in [-0.15, -0.1) is 0 Å². The molecule has 40 heavy (non-hydrogen) atoms. The highest BCUT2D eigenvalue weighted by molar-refractivity contribution is 6.21. The Kier molecular flexibility index (Phi) is 4.79. The first-order chi connectivity index (χ1) is 19.7. The molecule has 0 N–H and O–H groups in total. The van der Waals surface area contributed by atoms with E-state index in [1.807, 2.05) is 72.8 Å². The molecule has 0 amide bonds. The number of hydrogen-bond donors (Lipinski definition) is 0. The van der Waals surface area contributed by atoms with Crippen molar-refractivity contribution in [1.29, 1.82) is 0 Å². The quantitative estimate of drug-likeness (QED) is 0.223. The zero-order valence-electron chi connectivity index (χ0n) is 21.3. The van der Waals surface area contributed by atoms with Crippen LogP contribution in [-0.4, -0.2) is 4.40 Å². The molecule has 0 radical (unpaired) electrons. The van der Waals surface area contributed by atoms with E-state index in [0.717, 1.165) is 38.6 Å². The van der Waals surface area contributed by atoms with E-state index in [1.54, 1.807) is 12.1 Å². The molecule has 0 atom stereocenters. The van der Waals surface area contributed by atoms with Gasteiger partial charge in [0, 0.05) is 21.7 Å². The summed E-state index contributed by atoms with van der Waals surface area (Å²) in [5, 5.41) is 3.16. The minimum absolute atomic E-state index is 0.334. The molecular formula is C36H21NO3. The summed E-state index contributed by atoms with van der Waals surface area (Å²) in [4.78, 5) is 27.4. The van der Waals surface area contributed by atoms with Gasteiger partial charge < -0.3 is 4.42 Å². The highest BCUT2D eigenvalue weighted by atomic mass is 16.3. The summed E-state index contributed by atoms with van der Waals surface area (Å²) in [5.41, 5.74) is 5.53. The first-order valence-corrected chi connectivity index (χ1v) is 13.2. The molecule has 0 bridgehead atoms. The average molecular weight is 516 g/mol. The number of nitrogens with zero attached hydrogens (tertiary/aromatic N) is 1. The molecule has 8 aromatic rings. The van der Waals surface area contributed by atoms with Crippen LogP contribution in [0.2, 0.25) is 0 Å². The van der Waals surface area contributed by atoms with Crippen LogP contribution in [0.4, 0.5) is 0 Å². The summed E-state index contributed by atoms with van der Waals surface area (Å²) in [6, 6.07) is 41.7. The van der Waals surface area contributed by atoms with Gasteiger partial charge in [-0.05, 0) is 52.6 Å². The Morgan fingerprint density at radius 3 is 1.48 bits per heavy atom. The molecule has 8 rings (SSSR count). The van der Waals surface area contributed by atoms with Crippen LogP contribution in [0.5, 0.6) is 0 Å². The van der Waals surface area contributed by atoms with Gasteiger partial charge in [0.15, 0.2) is 5.58 Å². The van der Waals surface area contributed by atoms with Gasteiger partial charge in [-0.2, -0.15) is 0 Å². The van der Waals surface area contributed by atoms with Crippen LogP contribution >= 0.6 is 0 Å². The Hall–Kier alpha value is -5.48. The molecule has 3 aromatic heterocycles. The Labute approximate surface area is 228 Å². The SMILES string of the molecule is O=c1c2ccccc2c2oc(-c3cc(-c4ccccc4)cc(-c4ccccc4)c3)c3c4ccccc4c(=O)n1c23. The molecule has 0 fully saturated rings. The van der Waals surface area contributed by atoms with Gasteiger partial charge in [0.2, 0.25) is 0 Å². The number of furan rings is 1. The van der Waals surface area contributed by atoms with Crippen molar-refractivity contribution in [2.24, 2.45) is 0 Å². The van der Waals surface area contributed by atoms with Gasteiger partial charge >= 0.3 is 0 Å². The minimum atomic E-state index is -0.334. The predicted octanol–water partition coefficient (Wildman–Crippen LogP) is 8.15. The standard InChI is InChI=1S/C36H21NO3/c38-35-29-17-9-7-15-27(29)31-32-34(28-16-8-10-18-30(28)36(39)37(32)35)40-33(31)26-20-24(22-11-3-1-4-12-22)19-25(21-26)23-13-5-2-6-14-23/h1-21H. The largest absolute Gasteiger partial charge is 0.453 e. The van der Waals surface area contributed by atoms with Gasteiger partial charge in [0.1, 0.15) is 11.3 Å². The van der Waals surface area contributed by atoms with Gasteiger partial charge in [0.25, 0.3) is 11.1 Å². The monoisotopic (exact) mass is 515 g/mol. The Bertz CT molecular complexity index is 2280. The molecule has 4 heteroatoms. The molecule has 0 spiro atoms. The Morgan fingerprint density at radius 2 is 0.900 bits per heavy atom. The summed E-state index contributed by atoms with van der Waals surface area (Å²) in [6.07, 6.45) is 0. The molecule has 0 saturated carbocycles. The molecule has 5 aromatic carbocycles. The van der Waals surface area contributed by atoms with Crippen LogP contribution in [0.25, 0.3) is 71.6 Å². The third-order valence-electron chi connectivity index (χ3n) is 7.75. The number of hydrogen-bond acceptors (Lipinski definition) is 3. The van der Waals surface area contributed by atoms with E-state index in [4.69, 9.17) is 4.42 Å². The molecule has 0 aliphatic rings. The number of rotatable bonds is 3. The number of pyridine rings is 2. The molecule has 0 unspecified atom stereocenters. The second kappa shape index (κ2) is 8.52. The van der Waals surface area contributed by atoms with Crippen LogP contribution in [0.15, 0.2) is 141 Å². The second-order valence-corrected chi connectivity index (χ2v) is 10.1. The van der Waals surface area contributed by atoms with Crippen LogP contribution in [-0.2, 0) is 0 Å². The van der Waals surface area contributed by atoms with Crippen molar-refractivity contribution in [2.45, 2.75) is 0 Å². The van der Waals surface area contributed by atoms with E-state index < -0.39 is 0 Å². The Morgan fingerprint density at radius 1 is 0.450 bits per heavy atom. The van der Waals surface area contributed by atoms with E-state index >= 15 is 0 Å². The van der Waals surface area contributed by atoms with Crippen LogP contribution in [0.1, 0.15) is 0 Å². The molecule has 188 valence electrons. The maximum absolute atomic E-state index is 13.7. The maximum atomic E-state index is 13.7. The van der Waals surface area contributed by atoms with Gasteiger partial charge in [-0.25, -0.2) is 4.40 Å². The van der Waals surface area contributed by atoms with Crippen LogP contribution in [0.3, 0.4) is 0 Å². The average Bonchev–Trinajstić information content (AvgIpc) is 3.42. The fourth-order valence-corrected chi connectivity index (χ4v) is 5.92. The van der Waals surface area contributed by atoms with Crippen molar-refractivity contribution in [1.82, 2.24) is 4.40 Å². The lowest BCUT2D eigenvalue weighted by Crippen LogP contribution is -2.26. The lowest BCUT2D eigenvalue weighted by molar-refractivity contribution is 0.637. The van der Waals surface area contributed by atoms with E-state index in [0.29, 0.717) is 33.0 Å². The van der Waals surface area contributed by atoms with Crippen molar-refractivity contribution in [2.75, 3.05) is 0 Å². The fourth-order valence-electron chi connectivity index (χ4n) is 5.92. The molecule has 0 aliphatic carbocycles. The summed E-state index contributed by atoms with van der Waals surface area (Å²) in [7, 11) is 0. The minimum Gasteiger partial charge on any atom is -0.453 e. The van der Waals surface area contributed by atoms with E-state index in [9.17, 15) is 9.59 Å². The molecule has 3 heterocycles. The third-order valence-corrected chi connectivity index (χ3v) is 7.75. The van der Waals surface area contributed by atoms with Gasteiger partial charge in [0.05, 0.1) is 10.8 Å². The summed E-state index contributed by atoms with van der Waals surface area (Å²) >= 11 is 0. The van der Waals surface area contributed by atoms with Crippen LogP contribution < -0.4 is 11.1 Å². The fraction of sp³-hybridized carbons (Fsp3) is 0. The predicted molar refractivity (Wildman–Crippen MR) is 162 cm³/mol. The molecule has 0 saturated heterocycles. The summed E-state index contributed by atoms with van der Waals surface area (Å²) < 4.78 is 8.03. The van der Waals surface area contributed by atoms with Crippen molar-refractivity contribution < 1.29 is 4.42 Å².